The van der Waals surface area contributed by atoms with Gasteiger partial charge in [0.25, 0.3) is 5.56 Å². The number of carbonyl (C=O) groups is 1. The maximum absolute atomic E-state index is 12.6. The molecule has 1 aliphatic heterocycles. The third-order valence-electron chi connectivity index (χ3n) is 4.36. The first kappa shape index (κ1) is 18.2. The zero-order valence-corrected chi connectivity index (χ0v) is 15.8. The molecule has 0 aliphatic carbocycles. The quantitative estimate of drug-likeness (QED) is 0.635. The van der Waals surface area contributed by atoms with Gasteiger partial charge in [0.2, 0.25) is 6.79 Å². The van der Waals surface area contributed by atoms with E-state index in [1.165, 1.54) is 0 Å². The highest BCUT2D eigenvalue weighted by atomic mass is 35.5. The average molecular weight is 401 g/mol. The summed E-state index contributed by atoms with van der Waals surface area (Å²) in [5.74, 6) is 0.661. The van der Waals surface area contributed by atoms with Gasteiger partial charge in [0.15, 0.2) is 11.5 Å². The van der Waals surface area contributed by atoms with Crippen molar-refractivity contribution in [3.8, 4) is 11.5 Å². The Morgan fingerprint density at radius 3 is 2.86 bits per heavy atom. The maximum atomic E-state index is 12.6. The zero-order chi connectivity index (χ0) is 19.7. The number of hydrogen-bond acceptors (Lipinski definition) is 6. The molecule has 0 amide bonds. The minimum absolute atomic E-state index is 0.0718. The van der Waals surface area contributed by atoms with Crippen molar-refractivity contribution in [2.45, 2.75) is 13.5 Å². The molecule has 0 spiro atoms. The number of H-pyrrole nitrogens is 1. The van der Waals surface area contributed by atoms with Crippen LogP contribution >= 0.6 is 11.6 Å². The fourth-order valence-corrected chi connectivity index (χ4v) is 3.27. The summed E-state index contributed by atoms with van der Waals surface area (Å²) in [7, 11) is 0. The van der Waals surface area contributed by atoms with Gasteiger partial charge in [-0.25, -0.2) is 4.79 Å². The lowest BCUT2D eigenvalue weighted by Crippen LogP contribution is -2.23. The monoisotopic (exact) mass is 400 g/mol. The summed E-state index contributed by atoms with van der Waals surface area (Å²) < 4.78 is 15.8. The van der Waals surface area contributed by atoms with Crippen LogP contribution in [0.2, 0.25) is 5.02 Å². The van der Waals surface area contributed by atoms with Gasteiger partial charge in [-0.3, -0.25) is 4.79 Å². The van der Waals surface area contributed by atoms with Crippen LogP contribution in [0.4, 0.5) is 5.69 Å². The molecule has 2 heterocycles. The largest absolute Gasteiger partial charge is 0.462 e. The van der Waals surface area contributed by atoms with E-state index < -0.39 is 11.5 Å². The summed E-state index contributed by atoms with van der Waals surface area (Å²) >= 11 is 6.04. The Morgan fingerprint density at radius 1 is 1.21 bits per heavy atom. The van der Waals surface area contributed by atoms with Gasteiger partial charge in [-0.1, -0.05) is 17.7 Å². The number of benzene rings is 2. The zero-order valence-electron chi connectivity index (χ0n) is 15.0. The number of halogens is 1. The SMILES string of the molecule is CCOC(=O)c1c(NCc2ccc3c(c2)OCO3)c2ccc(Cl)cc2[nH]c1=O. The van der Waals surface area contributed by atoms with E-state index in [1.807, 2.05) is 18.2 Å². The lowest BCUT2D eigenvalue weighted by molar-refractivity contribution is 0.0525. The number of ether oxygens (including phenoxy) is 3. The molecule has 0 atom stereocenters. The number of anilines is 1. The number of pyridine rings is 1. The molecule has 3 aromatic rings. The third kappa shape index (κ3) is 3.36. The van der Waals surface area contributed by atoms with Crippen LogP contribution in [-0.2, 0) is 11.3 Å². The fraction of sp³-hybridized carbons (Fsp3) is 0.200. The standard InChI is InChI=1S/C20H17ClN2O5/c1-2-26-20(25)17-18(13-5-4-12(21)8-14(13)23-19(17)24)22-9-11-3-6-15-16(7-11)28-10-27-15/h3-8H,2,9-10H2,1H3,(H2,22,23,24). The van der Waals surface area contributed by atoms with Crippen LogP contribution in [0.15, 0.2) is 41.2 Å². The topological polar surface area (TPSA) is 89.7 Å². The predicted octanol–water partition coefficient (Wildman–Crippen LogP) is 3.70. The molecule has 0 bridgehead atoms. The molecular weight excluding hydrogens is 384 g/mol. The van der Waals surface area contributed by atoms with Crippen LogP contribution < -0.4 is 20.3 Å². The molecule has 0 saturated carbocycles. The second-order valence-corrected chi connectivity index (χ2v) is 6.59. The van der Waals surface area contributed by atoms with Gasteiger partial charge in [0.1, 0.15) is 5.56 Å². The van der Waals surface area contributed by atoms with Crippen LogP contribution in [0.3, 0.4) is 0 Å². The normalized spacial score (nSPS) is 12.2. The first-order valence-electron chi connectivity index (χ1n) is 8.72. The Balaban J connectivity index is 1.75. The summed E-state index contributed by atoms with van der Waals surface area (Å²) in [4.78, 5) is 27.7. The Kier molecular flexibility index (Phi) is 4.83. The van der Waals surface area contributed by atoms with E-state index in [0.29, 0.717) is 39.7 Å². The van der Waals surface area contributed by atoms with Crippen molar-refractivity contribution in [1.29, 1.82) is 0 Å². The van der Waals surface area contributed by atoms with Crippen LogP contribution in [0, 0.1) is 0 Å². The first-order valence-corrected chi connectivity index (χ1v) is 9.09. The summed E-state index contributed by atoms with van der Waals surface area (Å²) in [6.07, 6.45) is 0. The Morgan fingerprint density at radius 2 is 2.04 bits per heavy atom. The molecule has 1 aliphatic rings. The summed E-state index contributed by atoms with van der Waals surface area (Å²) in [6.45, 7) is 2.41. The molecule has 0 fully saturated rings. The highest BCUT2D eigenvalue weighted by Gasteiger charge is 2.21. The minimum Gasteiger partial charge on any atom is -0.462 e. The van der Waals surface area contributed by atoms with Crippen molar-refractivity contribution >= 4 is 34.2 Å². The van der Waals surface area contributed by atoms with E-state index in [0.717, 1.165) is 5.56 Å². The Labute approximate surface area is 165 Å². The average Bonchev–Trinajstić information content (AvgIpc) is 3.13. The van der Waals surface area contributed by atoms with E-state index in [2.05, 4.69) is 10.3 Å². The van der Waals surface area contributed by atoms with Crippen molar-refractivity contribution in [2.75, 3.05) is 18.7 Å². The summed E-state index contributed by atoms with van der Waals surface area (Å²) in [5.41, 5.74) is 1.21. The van der Waals surface area contributed by atoms with Crippen LogP contribution in [0.1, 0.15) is 22.8 Å². The van der Waals surface area contributed by atoms with E-state index in [1.54, 1.807) is 25.1 Å². The second-order valence-electron chi connectivity index (χ2n) is 6.16. The number of fused-ring (bicyclic) bond motifs is 2. The molecule has 8 heteroatoms. The molecule has 0 unspecified atom stereocenters. The predicted molar refractivity (Wildman–Crippen MR) is 105 cm³/mol. The molecule has 0 saturated heterocycles. The molecule has 2 aromatic carbocycles. The van der Waals surface area contributed by atoms with Crippen LogP contribution in [0.5, 0.6) is 11.5 Å². The first-order chi connectivity index (χ1) is 13.6. The van der Waals surface area contributed by atoms with E-state index in [-0.39, 0.29) is 19.0 Å². The number of hydrogen-bond donors (Lipinski definition) is 2. The van der Waals surface area contributed by atoms with Crippen molar-refractivity contribution in [2.24, 2.45) is 0 Å². The Hall–Kier alpha value is -3.19. The molecule has 0 radical (unpaired) electrons. The van der Waals surface area contributed by atoms with Gasteiger partial charge < -0.3 is 24.5 Å². The summed E-state index contributed by atoms with van der Waals surface area (Å²) in [6, 6.07) is 10.6. The van der Waals surface area contributed by atoms with Gasteiger partial charge in [-0.2, -0.15) is 0 Å². The fourth-order valence-electron chi connectivity index (χ4n) is 3.09. The lowest BCUT2D eigenvalue weighted by Gasteiger charge is -2.14. The highest BCUT2D eigenvalue weighted by Crippen LogP contribution is 2.33. The van der Waals surface area contributed by atoms with Gasteiger partial charge in [0.05, 0.1) is 17.8 Å². The number of rotatable bonds is 5. The molecule has 7 nitrogen and oxygen atoms in total. The number of aromatic nitrogens is 1. The van der Waals surface area contributed by atoms with E-state index in [4.69, 9.17) is 25.8 Å². The third-order valence-corrected chi connectivity index (χ3v) is 4.60. The minimum atomic E-state index is -0.686. The maximum Gasteiger partial charge on any atom is 0.345 e. The van der Waals surface area contributed by atoms with Gasteiger partial charge in [-0.05, 0) is 42.8 Å². The molecule has 1 aromatic heterocycles. The van der Waals surface area contributed by atoms with Crippen molar-refractivity contribution in [3.63, 3.8) is 0 Å². The molecule has 2 N–H and O–H groups in total. The van der Waals surface area contributed by atoms with Gasteiger partial charge in [-0.15, -0.1) is 0 Å². The smallest absolute Gasteiger partial charge is 0.345 e. The van der Waals surface area contributed by atoms with Crippen molar-refractivity contribution in [3.05, 3.63) is 62.9 Å². The highest BCUT2D eigenvalue weighted by molar-refractivity contribution is 6.31. The van der Waals surface area contributed by atoms with Crippen LogP contribution in [0.25, 0.3) is 10.9 Å². The molecule has 4 rings (SSSR count). The molecular formula is C20H17ClN2O5. The number of nitrogens with one attached hydrogen (secondary N) is 2. The number of carbonyl (C=O) groups excluding carboxylic acids is 1. The second kappa shape index (κ2) is 7.44. The summed E-state index contributed by atoms with van der Waals surface area (Å²) in [5, 5.41) is 4.34. The van der Waals surface area contributed by atoms with Crippen LogP contribution in [-0.4, -0.2) is 24.4 Å². The number of esters is 1. The van der Waals surface area contributed by atoms with E-state index in [9.17, 15) is 9.59 Å². The Bertz CT molecular complexity index is 1130. The van der Waals surface area contributed by atoms with Gasteiger partial charge in [0, 0.05) is 17.0 Å². The molecule has 144 valence electrons. The molecule has 28 heavy (non-hydrogen) atoms. The van der Waals surface area contributed by atoms with E-state index >= 15 is 0 Å². The van der Waals surface area contributed by atoms with Crippen molar-refractivity contribution in [1.82, 2.24) is 4.98 Å². The number of aromatic amines is 1. The lowest BCUT2D eigenvalue weighted by atomic mass is 10.1. The van der Waals surface area contributed by atoms with Crippen molar-refractivity contribution < 1.29 is 19.0 Å². The van der Waals surface area contributed by atoms with Gasteiger partial charge >= 0.3 is 5.97 Å².